The SMILES string of the molecule is CN(C(=O)Br)c1ccccn1. The van der Waals surface area contributed by atoms with Crippen LogP contribution >= 0.6 is 15.9 Å². The number of amides is 1. The molecule has 0 saturated carbocycles. The minimum Gasteiger partial charge on any atom is -0.290 e. The van der Waals surface area contributed by atoms with Crippen LogP contribution in [-0.2, 0) is 0 Å². The number of halogens is 1. The van der Waals surface area contributed by atoms with Crippen LogP contribution in [0.3, 0.4) is 0 Å². The van der Waals surface area contributed by atoms with Crippen LogP contribution in [0, 0.1) is 0 Å². The Morgan fingerprint density at radius 3 is 2.82 bits per heavy atom. The molecular weight excluding hydrogens is 208 g/mol. The van der Waals surface area contributed by atoms with Gasteiger partial charge in [-0.05, 0) is 12.1 Å². The lowest BCUT2D eigenvalue weighted by molar-refractivity contribution is 0.267. The topological polar surface area (TPSA) is 33.2 Å². The van der Waals surface area contributed by atoms with E-state index in [0.29, 0.717) is 5.82 Å². The van der Waals surface area contributed by atoms with E-state index in [2.05, 4.69) is 20.9 Å². The highest BCUT2D eigenvalue weighted by atomic mass is 79.9. The summed E-state index contributed by atoms with van der Waals surface area (Å²) < 4.78 is 0. The number of carbonyl (C=O) groups is 1. The molecule has 0 spiro atoms. The van der Waals surface area contributed by atoms with Crippen molar-refractivity contribution in [3.05, 3.63) is 24.4 Å². The second-order valence-electron chi connectivity index (χ2n) is 2.00. The number of nitrogens with zero attached hydrogens (tertiary/aromatic N) is 2. The molecule has 0 aliphatic carbocycles. The molecule has 0 unspecified atom stereocenters. The highest BCUT2D eigenvalue weighted by Gasteiger charge is 2.05. The molecule has 1 aromatic heterocycles. The maximum Gasteiger partial charge on any atom is 0.295 e. The van der Waals surface area contributed by atoms with E-state index in [-0.39, 0.29) is 4.82 Å². The highest BCUT2D eigenvalue weighted by Crippen LogP contribution is 2.09. The summed E-state index contributed by atoms with van der Waals surface area (Å²) in [5.41, 5.74) is 0. The monoisotopic (exact) mass is 214 g/mol. The van der Waals surface area contributed by atoms with E-state index < -0.39 is 0 Å². The maximum atomic E-state index is 10.7. The predicted molar refractivity (Wildman–Crippen MR) is 47.0 cm³/mol. The van der Waals surface area contributed by atoms with Gasteiger partial charge in [0, 0.05) is 29.2 Å². The second kappa shape index (κ2) is 3.48. The highest BCUT2D eigenvalue weighted by molar-refractivity contribution is 9.18. The Labute approximate surface area is 73.2 Å². The fraction of sp³-hybridized carbons (Fsp3) is 0.143. The van der Waals surface area contributed by atoms with Gasteiger partial charge in [0.1, 0.15) is 5.82 Å². The smallest absolute Gasteiger partial charge is 0.290 e. The van der Waals surface area contributed by atoms with Crippen LogP contribution in [0.25, 0.3) is 0 Å². The van der Waals surface area contributed by atoms with Gasteiger partial charge < -0.3 is 0 Å². The zero-order valence-corrected chi connectivity index (χ0v) is 7.58. The number of carbonyl (C=O) groups excluding carboxylic acids is 1. The molecule has 0 aliphatic heterocycles. The third-order valence-corrected chi connectivity index (χ3v) is 1.79. The van der Waals surface area contributed by atoms with E-state index >= 15 is 0 Å². The molecule has 0 bridgehead atoms. The van der Waals surface area contributed by atoms with Crippen molar-refractivity contribution in [3.8, 4) is 0 Å². The summed E-state index contributed by atoms with van der Waals surface area (Å²) in [6.45, 7) is 0. The predicted octanol–water partition coefficient (Wildman–Crippen LogP) is 2.03. The number of hydrogen-bond acceptors (Lipinski definition) is 2. The summed E-state index contributed by atoms with van der Waals surface area (Å²) in [4.78, 5) is 15.9. The molecule has 0 N–H and O–H groups in total. The van der Waals surface area contributed by atoms with Crippen molar-refractivity contribution in [1.29, 1.82) is 0 Å². The molecule has 4 heteroatoms. The van der Waals surface area contributed by atoms with Gasteiger partial charge in [-0.25, -0.2) is 4.98 Å². The fourth-order valence-corrected chi connectivity index (χ4v) is 0.824. The van der Waals surface area contributed by atoms with Crippen molar-refractivity contribution in [2.45, 2.75) is 0 Å². The van der Waals surface area contributed by atoms with E-state index in [4.69, 9.17) is 0 Å². The van der Waals surface area contributed by atoms with Crippen molar-refractivity contribution < 1.29 is 4.79 Å². The molecule has 0 fully saturated rings. The minimum absolute atomic E-state index is 0.198. The first-order chi connectivity index (χ1) is 5.22. The number of aromatic nitrogens is 1. The summed E-state index contributed by atoms with van der Waals surface area (Å²) in [6.07, 6.45) is 1.64. The van der Waals surface area contributed by atoms with Crippen molar-refractivity contribution in [3.63, 3.8) is 0 Å². The zero-order valence-electron chi connectivity index (χ0n) is 5.99. The third-order valence-electron chi connectivity index (χ3n) is 1.26. The lowest BCUT2D eigenvalue weighted by Gasteiger charge is -2.10. The van der Waals surface area contributed by atoms with Crippen LogP contribution in [0.5, 0.6) is 0 Å². The summed E-state index contributed by atoms with van der Waals surface area (Å²) in [5, 5.41) is 0. The largest absolute Gasteiger partial charge is 0.295 e. The summed E-state index contributed by atoms with van der Waals surface area (Å²) in [6, 6.07) is 5.39. The summed E-state index contributed by atoms with van der Waals surface area (Å²) >= 11 is 2.82. The average Bonchev–Trinajstić information content (AvgIpc) is 2.05. The molecule has 1 rings (SSSR count). The number of anilines is 1. The standard InChI is InChI=1S/C7H7BrN2O/c1-10(7(8)11)6-4-2-3-5-9-6/h2-5H,1H3. The van der Waals surface area contributed by atoms with Crippen LogP contribution < -0.4 is 4.90 Å². The first-order valence-corrected chi connectivity index (χ1v) is 3.85. The van der Waals surface area contributed by atoms with Gasteiger partial charge in [0.2, 0.25) is 0 Å². The van der Waals surface area contributed by atoms with Crippen LogP contribution in [0.1, 0.15) is 0 Å². The Kier molecular flexibility index (Phi) is 2.59. The van der Waals surface area contributed by atoms with Crippen LogP contribution in [0.15, 0.2) is 24.4 Å². The van der Waals surface area contributed by atoms with Gasteiger partial charge in [-0.2, -0.15) is 0 Å². The maximum absolute atomic E-state index is 10.7. The molecule has 0 atom stereocenters. The fourth-order valence-electron chi connectivity index (χ4n) is 0.642. The average molecular weight is 215 g/mol. The van der Waals surface area contributed by atoms with Gasteiger partial charge in [-0.1, -0.05) is 6.07 Å². The van der Waals surface area contributed by atoms with Crippen LogP contribution in [0.2, 0.25) is 0 Å². The third kappa shape index (κ3) is 2.01. The molecule has 0 aliphatic rings. The van der Waals surface area contributed by atoms with Crippen LogP contribution in [-0.4, -0.2) is 16.8 Å². The van der Waals surface area contributed by atoms with Crippen molar-refractivity contribution in [1.82, 2.24) is 4.98 Å². The molecule has 1 amide bonds. The number of hydrogen-bond donors (Lipinski definition) is 0. The summed E-state index contributed by atoms with van der Waals surface area (Å²) in [7, 11) is 1.65. The molecule has 1 aromatic rings. The van der Waals surface area contributed by atoms with E-state index in [1.807, 2.05) is 6.07 Å². The lowest BCUT2D eigenvalue weighted by Crippen LogP contribution is -2.19. The van der Waals surface area contributed by atoms with Gasteiger partial charge >= 0.3 is 0 Å². The van der Waals surface area contributed by atoms with Crippen LogP contribution in [0.4, 0.5) is 10.6 Å². The molecule has 0 aromatic carbocycles. The van der Waals surface area contributed by atoms with Gasteiger partial charge in [-0.15, -0.1) is 0 Å². The Bertz CT molecular complexity index is 250. The Hall–Kier alpha value is -0.900. The van der Waals surface area contributed by atoms with E-state index in [9.17, 15) is 4.79 Å². The molecule has 11 heavy (non-hydrogen) atoms. The van der Waals surface area contributed by atoms with Gasteiger partial charge in [0.25, 0.3) is 4.82 Å². The minimum atomic E-state index is -0.198. The molecule has 58 valence electrons. The normalized spacial score (nSPS) is 9.27. The van der Waals surface area contributed by atoms with Crippen molar-refractivity contribution >= 4 is 26.6 Å². The van der Waals surface area contributed by atoms with Crippen molar-refractivity contribution in [2.24, 2.45) is 0 Å². The lowest BCUT2D eigenvalue weighted by atomic mass is 10.4. The molecule has 1 heterocycles. The Balaban J connectivity index is 2.85. The summed E-state index contributed by atoms with van der Waals surface area (Å²) in [5.74, 6) is 0.634. The van der Waals surface area contributed by atoms with E-state index in [1.54, 1.807) is 25.4 Å². The number of rotatable bonds is 1. The van der Waals surface area contributed by atoms with Gasteiger partial charge in [0.15, 0.2) is 0 Å². The quantitative estimate of drug-likeness (QED) is 0.530. The van der Waals surface area contributed by atoms with E-state index in [0.717, 1.165) is 0 Å². The van der Waals surface area contributed by atoms with E-state index in [1.165, 1.54) is 4.90 Å². The molecule has 3 nitrogen and oxygen atoms in total. The Morgan fingerprint density at radius 1 is 1.64 bits per heavy atom. The second-order valence-corrected chi connectivity index (χ2v) is 2.68. The van der Waals surface area contributed by atoms with Gasteiger partial charge in [-0.3, -0.25) is 9.69 Å². The van der Waals surface area contributed by atoms with Gasteiger partial charge in [0.05, 0.1) is 0 Å². The first kappa shape index (κ1) is 8.20. The Morgan fingerprint density at radius 2 is 2.36 bits per heavy atom. The number of pyridine rings is 1. The molecular formula is C7H7BrN2O. The molecule has 0 saturated heterocycles. The molecule has 0 radical (unpaired) electrons. The van der Waals surface area contributed by atoms with Crippen molar-refractivity contribution in [2.75, 3.05) is 11.9 Å². The first-order valence-electron chi connectivity index (χ1n) is 3.06. The zero-order chi connectivity index (χ0) is 8.27.